The zero-order valence-corrected chi connectivity index (χ0v) is 17.6. The molecule has 4 heteroatoms. The molecule has 0 radical (unpaired) electrons. The van der Waals surface area contributed by atoms with E-state index in [1.165, 1.54) is 38.3 Å². The molecule has 0 bridgehead atoms. The summed E-state index contributed by atoms with van der Waals surface area (Å²) in [5.74, 6) is 0. The van der Waals surface area contributed by atoms with E-state index in [2.05, 4.69) is 104 Å². The minimum absolute atomic E-state index is 1.03. The minimum Gasteiger partial charge on any atom is -0.247 e. The van der Waals surface area contributed by atoms with Gasteiger partial charge in [0.1, 0.15) is 0 Å². The number of rotatable bonds is 1. The highest BCUT2D eigenvalue weighted by molar-refractivity contribution is 9.11. The lowest BCUT2D eigenvalue weighted by molar-refractivity contribution is 1.36. The number of para-hydroxylation sites is 1. The van der Waals surface area contributed by atoms with E-state index in [-0.39, 0.29) is 0 Å². The Kier molecular flexibility index (Phi) is 4.07. The molecule has 0 N–H and O–H groups in total. The summed E-state index contributed by atoms with van der Waals surface area (Å²) in [6.07, 6.45) is 0. The molecule has 1 aromatic heterocycles. The van der Waals surface area contributed by atoms with Crippen molar-refractivity contribution in [1.82, 2.24) is 4.98 Å². The maximum absolute atomic E-state index is 5.08. The van der Waals surface area contributed by atoms with Gasteiger partial charge in [0.15, 0.2) is 0 Å². The molecule has 4 aromatic rings. The summed E-state index contributed by atoms with van der Waals surface area (Å²) in [4.78, 5) is 6.40. The number of aromatic nitrogens is 1. The fraction of sp³-hybridized carbons (Fsp3) is 0. The fourth-order valence-electron chi connectivity index (χ4n) is 3.48. The van der Waals surface area contributed by atoms with E-state index < -0.39 is 0 Å². The Morgan fingerprint density at radius 1 is 0.808 bits per heavy atom. The lowest BCUT2D eigenvalue weighted by Gasteiger charge is -2.20. The molecule has 0 aliphatic carbocycles. The normalized spacial score (nSPS) is 12.4. The summed E-state index contributed by atoms with van der Waals surface area (Å²) in [5.41, 5.74) is 6.94. The zero-order chi connectivity index (χ0) is 17.7. The topological polar surface area (TPSA) is 12.9 Å². The number of thiol groups is 1. The number of fused-ring (bicyclic) bond motifs is 5. The number of hydrogen-bond donors (Lipinski definition) is 1. The Hall–Kier alpha value is -1.75. The third-order valence-electron chi connectivity index (χ3n) is 4.57. The number of halogens is 2. The van der Waals surface area contributed by atoms with Crippen LogP contribution in [0.2, 0.25) is 0 Å². The van der Waals surface area contributed by atoms with Gasteiger partial charge in [0, 0.05) is 30.4 Å². The van der Waals surface area contributed by atoms with Gasteiger partial charge in [-0.2, -0.15) is 11.4 Å². The molecule has 0 unspecified atom stereocenters. The molecule has 0 saturated carbocycles. The second-order valence-electron chi connectivity index (χ2n) is 6.20. The molecule has 26 heavy (non-hydrogen) atoms. The van der Waals surface area contributed by atoms with Crippen LogP contribution in [0.4, 0.5) is 0 Å². The van der Waals surface area contributed by atoms with Gasteiger partial charge >= 0.3 is 0 Å². The Labute approximate surface area is 172 Å². The average molecular weight is 483 g/mol. The zero-order valence-electron chi connectivity index (χ0n) is 13.6. The molecule has 1 aliphatic heterocycles. The highest BCUT2D eigenvalue weighted by Gasteiger charge is 2.21. The summed E-state index contributed by atoms with van der Waals surface area (Å²) < 4.78 is 2.08. The molecule has 3 aromatic carbocycles. The van der Waals surface area contributed by atoms with Crippen molar-refractivity contribution in [2.45, 2.75) is 4.90 Å². The first-order chi connectivity index (χ1) is 12.7. The first kappa shape index (κ1) is 16.4. The molecule has 126 valence electrons. The molecule has 0 saturated heterocycles. The van der Waals surface area contributed by atoms with Crippen molar-refractivity contribution in [1.29, 1.82) is 0 Å². The van der Waals surface area contributed by atoms with Gasteiger partial charge in [-0.1, -0.05) is 68.3 Å². The first-order valence-electron chi connectivity index (χ1n) is 8.23. The Morgan fingerprint density at radius 2 is 1.54 bits per heavy atom. The first-order valence-corrected chi connectivity index (χ1v) is 10.8. The van der Waals surface area contributed by atoms with Gasteiger partial charge in [0.05, 0.1) is 11.2 Å². The van der Waals surface area contributed by atoms with E-state index in [4.69, 9.17) is 4.98 Å². The maximum Gasteiger partial charge on any atom is 0.0795 e. The molecule has 0 fully saturated rings. The van der Waals surface area contributed by atoms with E-state index in [1.807, 2.05) is 0 Å². The minimum atomic E-state index is 1.03. The van der Waals surface area contributed by atoms with Crippen LogP contribution < -0.4 is 0 Å². The van der Waals surface area contributed by atoms with E-state index in [1.54, 1.807) is 0 Å². The van der Waals surface area contributed by atoms with Crippen molar-refractivity contribution in [2.75, 3.05) is 0 Å². The van der Waals surface area contributed by atoms with Gasteiger partial charge in [-0.25, -0.2) is 4.98 Å². The van der Waals surface area contributed by atoms with Crippen molar-refractivity contribution >= 4 is 59.5 Å². The van der Waals surface area contributed by atoms with Crippen LogP contribution in [0.1, 0.15) is 5.56 Å². The molecule has 5 rings (SSSR count). The van der Waals surface area contributed by atoms with E-state index in [0.717, 1.165) is 25.7 Å². The van der Waals surface area contributed by atoms with Crippen molar-refractivity contribution in [3.63, 3.8) is 0 Å². The second kappa shape index (κ2) is 6.45. The van der Waals surface area contributed by atoms with Crippen LogP contribution in [-0.4, -0.2) is 10.4 Å². The predicted molar refractivity (Wildman–Crippen MR) is 120 cm³/mol. The Bertz CT molecular complexity index is 1190. The van der Waals surface area contributed by atoms with Crippen LogP contribution in [0.3, 0.4) is 0 Å². The van der Waals surface area contributed by atoms with Crippen LogP contribution in [0.25, 0.3) is 33.3 Å². The fourth-order valence-corrected chi connectivity index (χ4v) is 5.80. The maximum atomic E-state index is 5.08. The van der Waals surface area contributed by atoms with Gasteiger partial charge in [0.25, 0.3) is 0 Å². The third-order valence-corrected chi connectivity index (χ3v) is 6.55. The predicted octanol–water partition coefficient (Wildman–Crippen LogP) is 7.08. The molecule has 0 spiro atoms. The molecule has 1 aliphatic rings. The monoisotopic (exact) mass is 481 g/mol. The summed E-state index contributed by atoms with van der Waals surface area (Å²) in [7, 11) is 0. The van der Waals surface area contributed by atoms with Crippen molar-refractivity contribution in [2.24, 2.45) is 0 Å². The lowest BCUT2D eigenvalue weighted by atomic mass is 9.92. The van der Waals surface area contributed by atoms with Crippen LogP contribution in [0, 0.1) is 0 Å². The molecule has 2 heterocycles. The summed E-state index contributed by atoms with van der Waals surface area (Å²) >= 11 is 8.47. The second-order valence-corrected chi connectivity index (χ2v) is 9.03. The third kappa shape index (κ3) is 2.68. The van der Waals surface area contributed by atoms with Gasteiger partial charge in [-0.15, -0.1) is 0 Å². The van der Waals surface area contributed by atoms with Crippen molar-refractivity contribution < 1.29 is 0 Å². The average Bonchev–Trinajstić information content (AvgIpc) is 2.66. The SMILES string of the molecule is Brc1cc(Br)cc(-c2nc3ccccc3c3c2-c2ccccc2[SH]=C3)c1. The molecular formula is C22H13Br2NS. The number of nitrogens with zero attached hydrogens (tertiary/aromatic N) is 1. The quantitative estimate of drug-likeness (QED) is 0.199. The molecule has 1 nitrogen and oxygen atoms in total. The molecular weight excluding hydrogens is 470 g/mol. The highest BCUT2D eigenvalue weighted by atomic mass is 79.9. The summed E-state index contributed by atoms with van der Waals surface area (Å²) in [6.45, 7) is 0. The van der Waals surface area contributed by atoms with Gasteiger partial charge in [-0.05, 0) is 46.8 Å². The summed E-state index contributed by atoms with van der Waals surface area (Å²) in [6, 6.07) is 23.4. The lowest BCUT2D eigenvalue weighted by Crippen LogP contribution is -2.01. The van der Waals surface area contributed by atoms with E-state index >= 15 is 0 Å². The highest BCUT2D eigenvalue weighted by Crippen LogP contribution is 2.43. The van der Waals surface area contributed by atoms with Crippen LogP contribution >= 0.6 is 43.2 Å². The molecule has 0 atom stereocenters. The van der Waals surface area contributed by atoms with Gasteiger partial charge in [-0.3, -0.25) is 0 Å². The number of hydrogen-bond acceptors (Lipinski definition) is 1. The van der Waals surface area contributed by atoms with Crippen molar-refractivity contribution in [3.8, 4) is 22.4 Å². The van der Waals surface area contributed by atoms with Crippen LogP contribution in [0.5, 0.6) is 0 Å². The standard InChI is InChI=1S/C22H13Br2NS/c23-14-9-13(10-15(24)11-14)22-21-17-6-2-4-8-20(17)26-12-18(21)16-5-1-3-7-19(16)25-22/h1-12,26H. The number of benzene rings is 3. The van der Waals surface area contributed by atoms with Gasteiger partial charge < -0.3 is 0 Å². The van der Waals surface area contributed by atoms with E-state index in [9.17, 15) is 0 Å². The Morgan fingerprint density at radius 3 is 2.38 bits per heavy atom. The van der Waals surface area contributed by atoms with Crippen molar-refractivity contribution in [3.05, 3.63) is 81.2 Å². The summed E-state index contributed by atoms with van der Waals surface area (Å²) in [5, 5.41) is 3.53. The number of pyridine rings is 1. The van der Waals surface area contributed by atoms with Gasteiger partial charge in [0.2, 0.25) is 0 Å². The molecule has 0 amide bonds. The van der Waals surface area contributed by atoms with E-state index in [0.29, 0.717) is 0 Å². The smallest absolute Gasteiger partial charge is 0.0795 e. The Balaban J connectivity index is 1.94. The van der Waals surface area contributed by atoms with Crippen LogP contribution in [0.15, 0.2) is 80.6 Å². The van der Waals surface area contributed by atoms with Crippen LogP contribution in [-0.2, 0) is 0 Å². The largest absolute Gasteiger partial charge is 0.247 e.